The Balaban J connectivity index is 2.25. The van der Waals surface area contributed by atoms with Crippen molar-refractivity contribution in [1.29, 1.82) is 0 Å². The number of amides is 1. The quantitative estimate of drug-likeness (QED) is 0.820. The number of nitrogen functional groups attached to an aromatic ring is 1. The van der Waals surface area contributed by atoms with Gasteiger partial charge < -0.3 is 15.8 Å². The zero-order chi connectivity index (χ0) is 14.7. The zero-order valence-electron chi connectivity index (χ0n) is 10.6. The SMILES string of the molecule is COc1cc(NC(=O)c2cc(Cl)ccc2N)ccc1Br. The van der Waals surface area contributed by atoms with Gasteiger partial charge in [0.15, 0.2) is 0 Å². The van der Waals surface area contributed by atoms with Gasteiger partial charge in [-0.05, 0) is 46.3 Å². The Labute approximate surface area is 130 Å². The first-order chi connectivity index (χ1) is 9.51. The van der Waals surface area contributed by atoms with E-state index in [2.05, 4.69) is 21.2 Å². The maximum absolute atomic E-state index is 12.2. The van der Waals surface area contributed by atoms with Gasteiger partial charge in [-0.15, -0.1) is 0 Å². The van der Waals surface area contributed by atoms with Crippen LogP contribution in [0.15, 0.2) is 40.9 Å². The largest absolute Gasteiger partial charge is 0.495 e. The molecule has 3 N–H and O–H groups in total. The van der Waals surface area contributed by atoms with Crippen LogP contribution in [0.2, 0.25) is 5.02 Å². The molecule has 0 radical (unpaired) electrons. The summed E-state index contributed by atoms with van der Waals surface area (Å²) in [6.45, 7) is 0. The van der Waals surface area contributed by atoms with Gasteiger partial charge in [-0.1, -0.05) is 11.6 Å². The number of carbonyl (C=O) groups excluding carboxylic acids is 1. The highest BCUT2D eigenvalue weighted by atomic mass is 79.9. The molecule has 0 aliphatic carbocycles. The molecule has 0 aromatic heterocycles. The molecule has 2 aromatic carbocycles. The van der Waals surface area contributed by atoms with Crippen molar-refractivity contribution >= 4 is 44.8 Å². The molecule has 0 aliphatic heterocycles. The predicted octanol–water partition coefficient (Wildman–Crippen LogP) is 3.95. The molecule has 0 saturated heterocycles. The van der Waals surface area contributed by atoms with Crippen LogP contribution in [0, 0.1) is 0 Å². The number of rotatable bonds is 3. The summed E-state index contributed by atoms with van der Waals surface area (Å²) in [7, 11) is 1.56. The van der Waals surface area contributed by atoms with Crippen LogP contribution < -0.4 is 15.8 Å². The normalized spacial score (nSPS) is 10.2. The minimum atomic E-state index is -0.325. The Morgan fingerprint density at radius 2 is 2.05 bits per heavy atom. The van der Waals surface area contributed by atoms with E-state index in [-0.39, 0.29) is 5.91 Å². The lowest BCUT2D eigenvalue weighted by molar-refractivity contribution is 0.102. The van der Waals surface area contributed by atoms with Crippen LogP contribution in [-0.4, -0.2) is 13.0 Å². The van der Waals surface area contributed by atoms with Crippen LogP contribution >= 0.6 is 27.5 Å². The summed E-state index contributed by atoms with van der Waals surface area (Å²) in [5.74, 6) is 0.302. The third-order valence-electron chi connectivity index (χ3n) is 2.67. The molecule has 1 amide bonds. The molecule has 0 bridgehead atoms. The molecule has 104 valence electrons. The third-order valence-corrected chi connectivity index (χ3v) is 3.56. The molecule has 2 aromatic rings. The van der Waals surface area contributed by atoms with E-state index in [1.54, 1.807) is 37.4 Å². The summed E-state index contributed by atoms with van der Waals surface area (Å²) in [5.41, 5.74) is 7.08. The average molecular weight is 356 g/mol. The van der Waals surface area contributed by atoms with Crippen molar-refractivity contribution in [1.82, 2.24) is 0 Å². The number of benzene rings is 2. The van der Waals surface area contributed by atoms with Crippen molar-refractivity contribution in [3.8, 4) is 5.75 Å². The topological polar surface area (TPSA) is 64.3 Å². The van der Waals surface area contributed by atoms with E-state index in [1.165, 1.54) is 6.07 Å². The minimum Gasteiger partial charge on any atom is -0.495 e. The van der Waals surface area contributed by atoms with Gasteiger partial charge in [0.1, 0.15) is 5.75 Å². The van der Waals surface area contributed by atoms with E-state index in [0.717, 1.165) is 4.47 Å². The number of carbonyl (C=O) groups is 1. The summed E-state index contributed by atoms with van der Waals surface area (Å²) in [6.07, 6.45) is 0. The highest BCUT2D eigenvalue weighted by molar-refractivity contribution is 9.10. The van der Waals surface area contributed by atoms with Gasteiger partial charge >= 0.3 is 0 Å². The Bertz CT molecular complexity index is 662. The number of nitrogens with one attached hydrogen (secondary N) is 1. The molecule has 0 heterocycles. The van der Waals surface area contributed by atoms with E-state index < -0.39 is 0 Å². The smallest absolute Gasteiger partial charge is 0.257 e. The fourth-order valence-electron chi connectivity index (χ4n) is 1.66. The van der Waals surface area contributed by atoms with E-state index >= 15 is 0 Å². The van der Waals surface area contributed by atoms with E-state index in [1.807, 2.05) is 0 Å². The van der Waals surface area contributed by atoms with Crippen molar-refractivity contribution in [3.05, 3.63) is 51.5 Å². The molecular formula is C14H12BrClN2O2. The number of hydrogen-bond acceptors (Lipinski definition) is 3. The van der Waals surface area contributed by atoms with Crippen LogP contribution in [0.5, 0.6) is 5.75 Å². The molecular weight excluding hydrogens is 344 g/mol. The second-order valence-corrected chi connectivity index (χ2v) is 5.33. The summed E-state index contributed by atoms with van der Waals surface area (Å²) in [4.78, 5) is 12.2. The molecule has 20 heavy (non-hydrogen) atoms. The summed E-state index contributed by atoms with van der Waals surface area (Å²) >= 11 is 9.22. The Morgan fingerprint density at radius 1 is 1.30 bits per heavy atom. The van der Waals surface area contributed by atoms with Crippen molar-refractivity contribution < 1.29 is 9.53 Å². The first-order valence-electron chi connectivity index (χ1n) is 5.71. The van der Waals surface area contributed by atoms with Crippen LogP contribution in [0.25, 0.3) is 0 Å². The number of methoxy groups -OCH3 is 1. The maximum atomic E-state index is 12.2. The molecule has 0 spiro atoms. The van der Waals surface area contributed by atoms with Crippen LogP contribution in [0.3, 0.4) is 0 Å². The Kier molecular flexibility index (Phi) is 4.52. The van der Waals surface area contributed by atoms with Crippen molar-refractivity contribution in [3.63, 3.8) is 0 Å². The third kappa shape index (κ3) is 3.23. The van der Waals surface area contributed by atoms with Crippen molar-refractivity contribution in [2.45, 2.75) is 0 Å². The molecule has 2 rings (SSSR count). The standard InChI is InChI=1S/C14H12BrClN2O2/c1-20-13-7-9(3-4-11(13)15)18-14(19)10-6-8(16)2-5-12(10)17/h2-7H,17H2,1H3,(H,18,19). The zero-order valence-corrected chi connectivity index (χ0v) is 13.0. The van der Waals surface area contributed by atoms with Crippen molar-refractivity contribution in [2.24, 2.45) is 0 Å². The van der Waals surface area contributed by atoms with Gasteiger partial charge in [-0.3, -0.25) is 4.79 Å². The second kappa shape index (κ2) is 6.15. The number of nitrogens with two attached hydrogens (primary N) is 1. The Hall–Kier alpha value is -1.72. The second-order valence-electron chi connectivity index (χ2n) is 4.04. The summed E-state index contributed by atoms with van der Waals surface area (Å²) < 4.78 is 5.98. The van der Waals surface area contributed by atoms with E-state index in [0.29, 0.717) is 27.7 Å². The van der Waals surface area contributed by atoms with E-state index in [4.69, 9.17) is 22.1 Å². The molecule has 6 heteroatoms. The molecule has 4 nitrogen and oxygen atoms in total. The van der Waals surface area contributed by atoms with Gasteiger partial charge in [0, 0.05) is 22.5 Å². The van der Waals surface area contributed by atoms with Gasteiger partial charge in [0.25, 0.3) is 5.91 Å². The number of hydrogen-bond donors (Lipinski definition) is 2. The molecule has 0 fully saturated rings. The maximum Gasteiger partial charge on any atom is 0.257 e. The molecule has 0 saturated carbocycles. The average Bonchev–Trinajstić information content (AvgIpc) is 2.43. The van der Waals surface area contributed by atoms with Gasteiger partial charge in [0.05, 0.1) is 17.1 Å². The molecule has 0 aliphatic rings. The van der Waals surface area contributed by atoms with Crippen LogP contribution in [0.4, 0.5) is 11.4 Å². The fourth-order valence-corrected chi connectivity index (χ4v) is 2.24. The van der Waals surface area contributed by atoms with Gasteiger partial charge in [-0.25, -0.2) is 0 Å². The highest BCUT2D eigenvalue weighted by Gasteiger charge is 2.11. The molecule has 0 unspecified atom stereocenters. The van der Waals surface area contributed by atoms with E-state index in [9.17, 15) is 4.79 Å². The summed E-state index contributed by atoms with van der Waals surface area (Å²) in [5, 5.41) is 3.21. The molecule has 0 atom stereocenters. The lowest BCUT2D eigenvalue weighted by Gasteiger charge is -2.10. The predicted molar refractivity (Wildman–Crippen MR) is 84.5 cm³/mol. The summed E-state index contributed by atoms with van der Waals surface area (Å²) in [6, 6.07) is 10.0. The monoisotopic (exact) mass is 354 g/mol. The number of halogens is 2. The minimum absolute atomic E-state index is 0.325. The van der Waals surface area contributed by atoms with Crippen LogP contribution in [-0.2, 0) is 0 Å². The first kappa shape index (κ1) is 14.7. The van der Waals surface area contributed by atoms with Gasteiger partial charge in [-0.2, -0.15) is 0 Å². The number of ether oxygens (including phenoxy) is 1. The highest BCUT2D eigenvalue weighted by Crippen LogP contribution is 2.28. The van der Waals surface area contributed by atoms with Crippen LogP contribution in [0.1, 0.15) is 10.4 Å². The fraction of sp³-hybridized carbons (Fsp3) is 0.0714. The lowest BCUT2D eigenvalue weighted by Crippen LogP contribution is -2.14. The number of anilines is 2. The van der Waals surface area contributed by atoms with Crippen molar-refractivity contribution in [2.75, 3.05) is 18.2 Å². The lowest BCUT2D eigenvalue weighted by atomic mass is 10.1. The van der Waals surface area contributed by atoms with Gasteiger partial charge in [0.2, 0.25) is 0 Å². The first-order valence-corrected chi connectivity index (χ1v) is 6.88. The Morgan fingerprint density at radius 3 is 2.75 bits per heavy atom.